The smallest absolute Gasteiger partial charge is 0.140 e. The zero-order valence-corrected chi connectivity index (χ0v) is 10.0. The van der Waals surface area contributed by atoms with Crippen LogP contribution in [0.3, 0.4) is 0 Å². The number of anilines is 1. The van der Waals surface area contributed by atoms with Gasteiger partial charge in [-0.15, -0.1) is 0 Å². The predicted molar refractivity (Wildman–Crippen MR) is 67.6 cm³/mol. The second-order valence-electron chi connectivity index (χ2n) is 3.96. The summed E-state index contributed by atoms with van der Waals surface area (Å²) >= 11 is 6.03. The standard InChI is InChI=1S/C12H12ClN3O/c13-9-1-2-11-10(7-9)12(15-8-14-11)16-3-5-17-6-4-16/h1-2,7-8H,3-6H2. The van der Waals surface area contributed by atoms with Crippen LogP contribution in [0, 0.1) is 0 Å². The largest absolute Gasteiger partial charge is 0.378 e. The summed E-state index contributed by atoms with van der Waals surface area (Å²) in [5.74, 6) is 0.945. The summed E-state index contributed by atoms with van der Waals surface area (Å²) in [7, 11) is 0. The Labute approximate surface area is 104 Å². The Morgan fingerprint density at radius 2 is 2.00 bits per heavy atom. The number of benzene rings is 1. The summed E-state index contributed by atoms with van der Waals surface area (Å²) in [5.41, 5.74) is 0.922. The van der Waals surface area contributed by atoms with Gasteiger partial charge in [0.25, 0.3) is 0 Å². The molecule has 1 aromatic heterocycles. The molecular formula is C12H12ClN3O. The fourth-order valence-electron chi connectivity index (χ4n) is 2.04. The van der Waals surface area contributed by atoms with Crippen molar-refractivity contribution in [1.82, 2.24) is 9.97 Å². The number of morpholine rings is 1. The SMILES string of the molecule is Clc1ccc2ncnc(N3CCOCC3)c2c1. The number of aromatic nitrogens is 2. The third-order valence-electron chi connectivity index (χ3n) is 2.89. The van der Waals surface area contributed by atoms with Crippen LogP contribution in [0.15, 0.2) is 24.5 Å². The van der Waals surface area contributed by atoms with Crippen LogP contribution in [-0.2, 0) is 4.74 Å². The molecule has 0 aliphatic carbocycles. The predicted octanol–water partition coefficient (Wildman–Crippen LogP) is 2.12. The quantitative estimate of drug-likeness (QED) is 0.776. The molecule has 0 bridgehead atoms. The van der Waals surface area contributed by atoms with Crippen LogP contribution in [0.5, 0.6) is 0 Å². The molecule has 1 fully saturated rings. The molecule has 0 atom stereocenters. The Bertz CT molecular complexity index is 540. The normalized spacial score (nSPS) is 16.4. The molecule has 3 rings (SSSR count). The van der Waals surface area contributed by atoms with E-state index in [4.69, 9.17) is 16.3 Å². The third-order valence-corrected chi connectivity index (χ3v) is 3.12. The highest BCUT2D eigenvalue weighted by molar-refractivity contribution is 6.31. The van der Waals surface area contributed by atoms with Crippen LogP contribution >= 0.6 is 11.6 Å². The monoisotopic (exact) mass is 249 g/mol. The molecule has 0 unspecified atom stereocenters. The van der Waals surface area contributed by atoms with E-state index in [0.29, 0.717) is 5.02 Å². The van der Waals surface area contributed by atoms with E-state index in [1.54, 1.807) is 6.33 Å². The van der Waals surface area contributed by atoms with Crippen molar-refractivity contribution in [2.24, 2.45) is 0 Å². The summed E-state index contributed by atoms with van der Waals surface area (Å²) < 4.78 is 5.35. The lowest BCUT2D eigenvalue weighted by Gasteiger charge is -2.28. The lowest BCUT2D eigenvalue weighted by Crippen LogP contribution is -2.36. The average molecular weight is 250 g/mol. The van der Waals surface area contributed by atoms with Gasteiger partial charge in [-0.2, -0.15) is 0 Å². The number of nitrogens with zero attached hydrogens (tertiary/aromatic N) is 3. The Hall–Kier alpha value is -1.39. The Kier molecular flexibility index (Phi) is 2.82. The number of fused-ring (bicyclic) bond motifs is 1. The molecule has 1 aliphatic rings. The first-order chi connectivity index (χ1) is 8.34. The first kappa shape index (κ1) is 10.7. The van der Waals surface area contributed by atoms with Crippen molar-refractivity contribution in [2.45, 2.75) is 0 Å². The van der Waals surface area contributed by atoms with E-state index in [2.05, 4.69) is 14.9 Å². The van der Waals surface area contributed by atoms with Crippen LogP contribution in [0.1, 0.15) is 0 Å². The van der Waals surface area contributed by atoms with Gasteiger partial charge in [0.15, 0.2) is 0 Å². The molecule has 0 N–H and O–H groups in total. The van der Waals surface area contributed by atoms with Gasteiger partial charge >= 0.3 is 0 Å². The minimum absolute atomic E-state index is 0.710. The minimum Gasteiger partial charge on any atom is -0.378 e. The highest BCUT2D eigenvalue weighted by atomic mass is 35.5. The highest BCUT2D eigenvalue weighted by Crippen LogP contribution is 2.26. The summed E-state index contributed by atoms with van der Waals surface area (Å²) in [6.07, 6.45) is 1.60. The fourth-order valence-corrected chi connectivity index (χ4v) is 2.21. The molecule has 1 saturated heterocycles. The summed E-state index contributed by atoms with van der Waals surface area (Å²) in [6, 6.07) is 5.69. The maximum atomic E-state index is 6.03. The van der Waals surface area contributed by atoms with Crippen molar-refractivity contribution >= 4 is 28.3 Å². The molecule has 2 aromatic rings. The molecule has 0 saturated carbocycles. The van der Waals surface area contributed by atoms with Crippen LogP contribution in [-0.4, -0.2) is 36.3 Å². The maximum Gasteiger partial charge on any atom is 0.140 e. The first-order valence-corrected chi connectivity index (χ1v) is 5.95. The molecule has 1 aromatic carbocycles. The topological polar surface area (TPSA) is 38.2 Å². The number of rotatable bonds is 1. The zero-order valence-electron chi connectivity index (χ0n) is 9.27. The van der Waals surface area contributed by atoms with Crippen molar-refractivity contribution in [2.75, 3.05) is 31.2 Å². The molecule has 4 nitrogen and oxygen atoms in total. The molecule has 0 radical (unpaired) electrons. The van der Waals surface area contributed by atoms with Crippen molar-refractivity contribution in [3.63, 3.8) is 0 Å². The zero-order chi connectivity index (χ0) is 11.7. The Morgan fingerprint density at radius 3 is 2.82 bits per heavy atom. The lowest BCUT2D eigenvalue weighted by atomic mass is 10.2. The average Bonchev–Trinajstić information content (AvgIpc) is 2.39. The van der Waals surface area contributed by atoms with Crippen LogP contribution in [0.2, 0.25) is 5.02 Å². The van der Waals surface area contributed by atoms with E-state index in [0.717, 1.165) is 43.0 Å². The van der Waals surface area contributed by atoms with Gasteiger partial charge < -0.3 is 9.64 Å². The molecular weight excluding hydrogens is 238 g/mol. The molecule has 1 aliphatic heterocycles. The van der Waals surface area contributed by atoms with Crippen molar-refractivity contribution in [1.29, 1.82) is 0 Å². The third kappa shape index (κ3) is 2.06. The van der Waals surface area contributed by atoms with Gasteiger partial charge in [0, 0.05) is 23.5 Å². The highest BCUT2D eigenvalue weighted by Gasteiger charge is 2.15. The van der Waals surface area contributed by atoms with Gasteiger partial charge in [-0.1, -0.05) is 11.6 Å². The van der Waals surface area contributed by atoms with Gasteiger partial charge in [0.1, 0.15) is 12.1 Å². The van der Waals surface area contributed by atoms with Crippen LogP contribution < -0.4 is 4.90 Å². The summed E-state index contributed by atoms with van der Waals surface area (Å²) in [4.78, 5) is 10.8. The number of hydrogen-bond acceptors (Lipinski definition) is 4. The fraction of sp³-hybridized carbons (Fsp3) is 0.333. The van der Waals surface area contributed by atoms with Gasteiger partial charge in [-0.05, 0) is 18.2 Å². The second kappa shape index (κ2) is 4.47. The van der Waals surface area contributed by atoms with Crippen LogP contribution in [0.25, 0.3) is 10.9 Å². The molecule has 0 spiro atoms. The molecule has 0 amide bonds. The van der Waals surface area contributed by atoms with E-state index < -0.39 is 0 Å². The molecule has 17 heavy (non-hydrogen) atoms. The molecule has 5 heteroatoms. The van der Waals surface area contributed by atoms with Crippen molar-refractivity contribution in [3.05, 3.63) is 29.5 Å². The van der Waals surface area contributed by atoms with E-state index >= 15 is 0 Å². The van der Waals surface area contributed by atoms with Gasteiger partial charge in [0.2, 0.25) is 0 Å². The Morgan fingerprint density at radius 1 is 1.18 bits per heavy atom. The van der Waals surface area contributed by atoms with Crippen LogP contribution in [0.4, 0.5) is 5.82 Å². The lowest BCUT2D eigenvalue weighted by molar-refractivity contribution is 0.122. The second-order valence-corrected chi connectivity index (χ2v) is 4.39. The number of hydrogen-bond donors (Lipinski definition) is 0. The minimum atomic E-state index is 0.710. The molecule has 2 heterocycles. The Balaban J connectivity index is 2.11. The van der Waals surface area contributed by atoms with E-state index in [1.807, 2.05) is 18.2 Å². The summed E-state index contributed by atoms with van der Waals surface area (Å²) in [6.45, 7) is 3.20. The summed E-state index contributed by atoms with van der Waals surface area (Å²) in [5, 5.41) is 1.71. The number of ether oxygens (including phenoxy) is 1. The first-order valence-electron chi connectivity index (χ1n) is 5.57. The van der Waals surface area contributed by atoms with E-state index in [1.165, 1.54) is 0 Å². The van der Waals surface area contributed by atoms with E-state index in [9.17, 15) is 0 Å². The van der Waals surface area contributed by atoms with Gasteiger partial charge in [-0.25, -0.2) is 9.97 Å². The molecule has 88 valence electrons. The maximum absolute atomic E-state index is 6.03. The van der Waals surface area contributed by atoms with Crippen molar-refractivity contribution in [3.8, 4) is 0 Å². The van der Waals surface area contributed by atoms with Gasteiger partial charge in [-0.3, -0.25) is 0 Å². The van der Waals surface area contributed by atoms with Crippen molar-refractivity contribution < 1.29 is 4.74 Å². The number of halogens is 1. The van der Waals surface area contributed by atoms with Gasteiger partial charge in [0.05, 0.1) is 18.7 Å². The van der Waals surface area contributed by atoms with E-state index in [-0.39, 0.29) is 0 Å².